The van der Waals surface area contributed by atoms with Gasteiger partial charge in [0.2, 0.25) is 0 Å². The summed E-state index contributed by atoms with van der Waals surface area (Å²) in [5.74, 6) is -0.759. The molecule has 5 unspecified atom stereocenters. The summed E-state index contributed by atoms with van der Waals surface area (Å²) in [7, 11) is -3.80. The average Bonchev–Trinajstić information content (AvgIpc) is 2.72. The minimum atomic E-state index is -2.18. The second-order valence-corrected chi connectivity index (χ2v) is 18.7. The topological polar surface area (TPSA) is 88.5 Å². The maximum atomic E-state index is 13.4. The van der Waals surface area contributed by atoms with E-state index in [1.807, 2.05) is 64.2 Å². The second kappa shape index (κ2) is 9.61. The van der Waals surface area contributed by atoms with Crippen LogP contribution in [0.3, 0.4) is 0 Å². The number of aliphatic hydroxyl groups excluding tert-OH is 1. The fourth-order valence-corrected chi connectivity index (χ4v) is 7.15. The van der Waals surface area contributed by atoms with Crippen LogP contribution in [0.4, 0.5) is 0 Å². The van der Waals surface area contributed by atoms with E-state index in [4.69, 9.17) is 13.7 Å². The highest BCUT2D eigenvalue weighted by atomic mass is 28.4. The molecule has 190 valence electrons. The van der Waals surface area contributed by atoms with Gasteiger partial charge in [0.1, 0.15) is 17.7 Å². The van der Waals surface area contributed by atoms with Crippen molar-refractivity contribution in [2.45, 2.75) is 83.5 Å². The number of carbonyl (C=O) groups is 1. The summed E-state index contributed by atoms with van der Waals surface area (Å²) in [6.07, 6.45) is 2.01. The minimum Gasteiger partial charge on any atom is -0.411 e. The van der Waals surface area contributed by atoms with Crippen molar-refractivity contribution in [3.05, 3.63) is 48.0 Å². The number of nitrogens with zero attached hydrogens (tertiary/aromatic N) is 1. The average molecular weight is 508 g/mol. The van der Waals surface area contributed by atoms with Crippen LogP contribution in [-0.2, 0) is 25.1 Å². The largest absolute Gasteiger partial charge is 0.411 e. The molecule has 1 amide bonds. The Kier molecular flexibility index (Phi) is 7.70. The lowest BCUT2D eigenvalue weighted by molar-refractivity contribution is -0.308. The first kappa shape index (κ1) is 27.3. The molecule has 5 atom stereocenters. The van der Waals surface area contributed by atoms with Gasteiger partial charge >= 0.3 is 0 Å². The van der Waals surface area contributed by atoms with Gasteiger partial charge in [0.05, 0.1) is 12.7 Å². The zero-order valence-corrected chi connectivity index (χ0v) is 23.9. The third kappa shape index (κ3) is 5.11. The molecular weight excluding hydrogens is 466 g/mol. The molecule has 3 rings (SSSR count). The van der Waals surface area contributed by atoms with E-state index in [-0.39, 0.29) is 12.5 Å². The molecule has 0 bridgehead atoms. The SMILES string of the molecule is C[SiH](C)OC1C(=O)N(OCc2ccccc2)C12C=CC(O)(CO)C(C(C)(C)C)C2O[Si](C)(C)C. The highest BCUT2D eigenvalue weighted by Crippen LogP contribution is 2.54. The number of β-lactam (4-membered cyclic amide) rings is 1. The molecule has 34 heavy (non-hydrogen) atoms. The molecule has 1 aliphatic carbocycles. The number of hydrogen-bond acceptors (Lipinski definition) is 6. The normalized spacial score (nSPS) is 31.9. The van der Waals surface area contributed by atoms with E-state index < -0.39 is 58.6 Å². The minimum absolute atomic E-state index is 0.220. The van der Waals surface area contributed by atoms with E-state index in [0.29, 0.717) is 0 Å². The van der Waals surface area contributed by atoms with Crippen molar-refractivity contribution < 1.29 is 28.7 Å². The Labute approximate surface area is 206 Å². The van der Waals surface area contributed by atoms with E-state index in [0.717, 1.165) is 5.56 Å². The number of amides is 1. The Balaban J connectivity index is 2.14. The molecule has 1 aromatic rings. The van der Waals surface area contributed by atoms with Gasteiger partial charge in [-0.05, 0) is 43.7 Å². The van der Waals surface area contributed by atoms with Crippen LogP contribution < -0.4 is 0 Å². The van der Waals surface area contributed by atoms with Gasteiger partial charge in [-0.15, -0.1) is 0 Å². The molecule has 0 radical (unpaired) electrons. The molecule has 1 aliphatic heterocycles. The standard InChI is InChI=1S/C25H41NO6Si2/c1-23(2,3)19-20(32-34(6,7)8)25(15-14-24(19,29)17-27)21(31-33(4)5)22(28)26(25)30-16-18-12-10-9-11-13-18/h9-15,19-21,27,29,33H,16-17H2,1-8H3. The first-order valence-electron chi connectivity index (χ1n) is 12.0. The van der Waals surface area contributed by atoms with Crippen LogP contribution in [0.25, 0.3) is 0 Å². The molecule has 7 nitrogen and oxygen atoms in total. The van der Waals surface area contributed by atoms with Crippen molar-refractivity contribution in [3.63, 3.8) is 0 Å². The fraction of sp³-hybridized carbons (Fsp3) is 0.640. The zero-order valence-electron chi connectivity index (χ0n) is 21.7. The Hall–Kier alpha value is -1.34. The molecule has 1 spiro atoms. The van der Waals surface area contributed by atoms with E-state index >= 15 is 0 Å². The Morgan fingerprint density at radius 1 is 1.12 bits per heavy atom. The summed E-state index contributed by atoms with van der Waals surface area (Å²) in [6.45, 7) is 16.1. The number of benzene rings is 1. The summed E-state index contributed by atoms with van der Waals surface area (Å²) in [5, 5.41) is 23.2. The summed E-state index contributed by atoms with van der Waals surface area (Å²) in [4.78, 5) is 19.5. The van der Waals surface area contributed by atoms with Gasteiger partial charge in [-0.25, -0.2) is 5.06 Å². The van der Waals surface area contributed by atoms with Gasteiger partial charge in [-0.1, -0.05) is 63.3 Å². The van der Waals surface area contributed by atoms with Gasteiger partial charge in [0.25, 0.3) is 5.91 Å². The number of hydrogen-bond donors (Lipinski definition) is 2. The smallest absolute Gasteiger partial charge is 0.278 e. The van der Waals surface area contributed by atoms with Crippen LogP contribution in [0, 0.1) is 11.3 Å². The lowest BCUT2D eigenvalue weighted by Gasteiger charge is -2.64. The molecule has 0 saturated carbocycles. The van der Waals surface area contributed by atoms with E-state index in [1.165, 1.54) is 5.06 Å². The van der Waals surface area contributed by atoms with Crippen LogP contribution in [-0.4, -0.2) is 68.5 Å². The van der Waals surface area contributed by atoms with Gasteiger partial charge in [-0.3, -0.25) is 9.63 Å². The van der Waals surface area contributed by atoms with Crippen molar-refractivity contribution >= 4 is 23.3 Å². The second-order valence-electron chi connectivity index (χ2n) is 11.8. The van der Waals surface area contributed by atoms with Gasteiger partial charge in [-0.2, -0.15) is 0 Å². The number of rotatable bonds is 8. The number of hydroxylamine groups is 2. The van der Waals surface area contributed by atoms with E-state index in [2.05, 4.69) is 19.6 Å². The Morgan fingerprint density at radius 3 is 2.24 bits per heavy atom. The Morgan fingerprint density at radius 2 is 1.74 bits per heavy atom. The van der Waals surface area contributed by atoms with E-state index in [9.17, 15) is 15.0 Å². The van der Waals surface area contributed by atoms with Gasteiger partial charge in [0.15, 0.2) is 23.5 Å². The molecule has 1 aromatic carbocycles. The highest BCUT2D eigenvalue weighted by molar-refractivity contribution is 6.69. The van der Waals surface area contributed by atoms with Crippen molar-refractivity contribution in [2.75, 3.05) is 6.61 Å². The monoisotopic (exact) mass is 507 g/mol. The molecule has 1 heterocycles. The lowest BCUT2D eigenvalue weighted by atomic mass is 9.57. The van der Waals surface area contributed by atoms with Crippen LogP contribution in [0.15, 0.2) is 42.5 Å². The van der Waals surface area contributed by atoms with E-state index in [1.54, 1.807) is 12.2 Å². The quantitative estimate of drug-likeness (QED) is 0.319. The van der Waals surface area contributed by atoms with Gasteiger partial charge in [0, 0.05) is 5.92 Å². The predicted octanol–water partition coefficient (Wildman–Crippen LogP) is 3.24. The zero-order chi connectivity index (χ0) is 25.5. The first-order chi connectivity index (χ1) is 15.7. The van der Waals surface area contributed by atoms with Crippen LogP contribution in [0.1, 0.15) is 26.3 Å². The maximum absolute atomic E-state index is 13.4. The fourth-order valence-electron chi connectivity index (χ4n) is 5.19. The first-order valence-corrected chi connectivity index (χ1v) is 18.2. The highest BCUT2D eigenvalue weighted by Gasteiger charge is 2.71. The predicted molar refractivity (Wildman–Crippen MR) is 137 cm³/mol. The molecule has 1 fully saturated rings. The molecule has 2 N–H and O–H groups in total. The van der Waals surface area contributed by atoms with Crippen molar-refractivity contribution in [1.82, 2.24) is 5.06 Å². The number of carbonyl (C=O) groups excluding carboxylic acids is 1. The van der Waals surface area contributed by atoms with Crippen LogP contribution in [0.5, 0.6) is 0 Å². The molecular formula is C25H41NO6Si2. The van der Waals surface area contributed by atoms with Crippen molar-refractivity contribution in [3.8, 4) is 0 Å². The summed E-state index contributed by atoms with van der Waals surface area (Å²) >= 11 is 0. The molecule has 2 aliphatic rings. The molecule has 9 heteroatoms. The number of aliphatic hydroxyl groups is 2. The Bertz CT molecular complexity index is 897. The third-order valence-electron chi connectivity index (χ3n) is 6.41. The van der Waals surface area contributed by atoms with Crippen LogP contribution in [0.2, 0.25) is 32.7 Å². The van der Waals surface area contributed by atoms with Crippen molar-refractivity contribution in [2.24, 2.45) is 11.3 Å². The van der Waals surface area contributed by atoms with Crippen molar-refractivity contribution in [1.29, 1.82) is 0 Å². The maximum Gasteiger partial charge on any atom is 0.278 e. The van der Waals surface area contributed by atoms with Gasteiger partial charge < -0.3 is 19.1 Å². The lowest BCUT2D eigenvalue weighted by Crippen LogP contribution is -2.83. The molecule has 0 aromatic heterocycles. The summed E-state index contributed by atoms with van der Waals surface area (Å²) in [6, 6.07) is 9.68. The summed E-state index contributed by atoms with van der Waals surface area (Å²) in [5.41, 5.74) is -2.06. The summed E-state index contributed by atoms with van der Waals surface area (Å²) < 4.78 is 13.1. The van der Waals surface area contributed by atoms with Crippen LogP contribution >= 0.6 is 0 Å². The third-order valence-corrected chi connectivity index (χ3v) is 8.19. The molecule has 1 saturated heterocycles.